The van der Waals surface area contributed by atoms with Gasteiger partial charge in [-0.2, -0.15) is 0 Å². The summed E-state index contributed by atoms with van der Waals surface area (Å²) in [7, 11) is 3.75. The van der Waals surface area contributed by atoms with Crippen molar-refractivity contribution in [3.05, 3.63) is 0 Å². The molecular weight excluding hydrogens is 146 g/mol. The highest BCUT2D eigenvalue weighted by atomic mass is 16.7. The second-order valence-corrected chi connectivity index (χ2v) is 2.47. The van der Waals surface area contributed by atoms with Crippen LogP contribution in [0.25, 0.3) is 0 Å². The zero-order chi connectivity index (χ0) is 8.85. The van der Waals surface area contributed by atoms with Gasteiger partial charge in [-0.1, -0.05) is 0 Å². The minimum absolute atomic E-state index is 0.0710. The standard InChI is InChI=1S/C7H14NO3/c1-6(8(3)4)11-7(2)10-5-9/h6-7H,1-4H3. The Labute approximate surface area is 67.1 Å². The monoisotopic (exact) mass is 160 g/mol. The normalized spacial score (nSPS) is 16.1. The van der Waals surface area contributed by atoms with Gasteiger partial charge in [-0.3, -0.25) is 4.90 Å². The Kier molecular flexibility index (Phi) is 4.81. The third-order valence-electron chi connectivity index (χ3n) is 1.33. The van der Waals surface area contributed by atoms with Crippen LogP contribution in [0.3, 0.4) is 0 Å². The molecule has 11 heavy (non-hydrogen) atoms. The van der Waals surface area contributed by atoms with E-state index in [1.54, 1.807) is 6.92 Å². The van der Waals surface area contributed by atoms with Crippen molar-refractivity contribution in [2.24, 2.45) is 0 Å². The number of nitrogens with zero attached hydrogens (tertiary/aromatic N) is 1. The molecule has 0 amide bonds. The molecule has 0 aromatic rings. The number of ether oxygens (including phenoxy) is 2. The van der Waals surface area contributed by atoms with Crippen LogP contribution in [-0.2, 0) is 14.3 Å². The van der Waals surface area contributed by atoms with E-state index in [1.165, 1.54) is 6.47 Å². The zero-order valence-corrected chi connectivity index (χ0v) is 7.33. The number of hydrogen-bond acceptors (Lipinski definition) is 4. The van der Waals surface area contributed by atoms with Gasteiger partial charge in [0, 0.05) is 0 Å². The SMILES string of the molecule is CC(O[C]=O)OC(C)N(C)C. The Hall–Kier alpha value is -0.610. The predicted octanol–water partition coefficient (Wildman–Crippen LogP) is 0.340. The summed E-state index contributed by atoms with van der Waals surface area (Å²) in [6.45, 7) is 4.83. The topological polar surface area (TPSA) is 38.8 Å². The van der Waals surface area contributed by atoms with Crippen molar-refractivity contribution < 1.29 is 14.3 Å². The molecular formula is C7H14NO3. The van der Waals surface area contributed by atoms with E-state index in [4.69, 9.17) is 4.74 Å². The van der Waals surface area contributed by atoms with E-state index >= 15 is 0 Å². The maximum atomic E-state index is 9.73. The van der Waals surface area contributed by atoms with Gasteiger partial charge >= 0.3 is 6.47 Å². The van der Waals surface area contributed by atoms with Crippen LogP contribution in [0, 0.1) is 0 Å². The molecule has 0 bridgehead atoms. The van der Waals surface area contributed by atoms with E-state index in [0.717, 1.165) is 0 Å². The molecule has 2 unspecified atom stereocenters. The van der Waals surface area contributed by atoms with Crippen molar-refractivity contribution in [3.63, 3.8) is 0 Å². The third-order valence-corrected chi connectivity index (χ3v) is 1.33. The van der Waals surface area contributed by atoms with Crippen LogP contribution in [0.2, 0.25) is 0 Å². The van der Waals surface area contributed by atoms with Gasteiger partial charge in [-0.05, 0) is 27.9 Å². The summed E-state index contributed by atoms with van der Waals surface area (Å²) in [5.74, 6) is 0. The smallest absolute Gasteiger partial charge is 0.419 e. The minimum atomic E-state index is -0.537. The van der Waals surface area contributed by atoms with Gasteiger partial charge in [0.2, 0.25) is 6.29 Å². The average Bonchev–Trinajstić information content (AvgIpc) is 1.87. The first-order chi connectivity index (χ1) is 5.07. The summed E-state index contributed by atoms with van der Waals surface area (Å²) in [6.07, 6.45) is -0.608. The van der Waals surface area contributed by atoms with Crippen molar-refractivity contribution in [2.45, 2.75) is 26.4 Å². The molecule has 0 aromatic heterocycles. The molecule has 0 spiro atoms. The first-order valence-corrected chi connectivity index (χ1v) is 3.42. The average molecular weight is 160 g/mol. The lowest BCUT2D eigenvalue weighted by Gasteiger charge is -2.22. The molecule has 0 N–H and O–H groups in total. The quantitative estimate of drug-likeness (QED) is 0.544. The Balaban J connectivity index is 3.56. The fourth-order valence-corrected chi connectivity index (χ4v) is 0.495. The van der Waals surface area contributed by atoms with Gasteiger partial charge < -0.3 is 9.47 Å². The Morgan fingerprint density at radius 2 is 1.91 bits per heavy atom. The first kappa shape index (κ1) is 10.4. The molecule has 0 aliphatic heterocycles. The molecule has 0 aliphatic rings. The molecule has 0 rings (SSSR count). The van der Waals surface area contributed by atoms with Crippen molar-refractivity contribution >= 4 is 6.47 Å². The van der Waals surface area contributed by atoms with E-state index in [1.807, 2.05) is 25.9 Å². The minimum Gasteiger partial charge on any atom is -0.428 e. The molecule has 0 aliphatic carbocycles. The van der Waals surface area contributed by atoms with E-state index in [2.05, 4.69) is 4.74 Å². The fourth-order valence-electron chi connectivity index (χ4n) is 0.495. The van der Waals surface area contributed by atoms with Crippen LogP contribution < -0.4 is 0 Å². The van der Waals surface area contributed by atoms with Gasteiger partial charge in [0.1, 0.15) is 6.23 Å². The molecule has 4 nitrogen and oxygen atoms in total. The molecule has 0 saturated heterocycles. The van der Waals surface area contributed by atoms with E-state index in [-0.39, 0.29) is 6.23 Å². The van der Waals surface area contributed by atoms with Crippen molar-refractivity contribution in [3.8, 4) is 0 Å². The maximum Gasteiger partial charge on any atom is 0.419 e. The summed E-state index contributed by atoms with van der Waals surface area (Å²) in [5, 5.41) is 0. The second kappa shape index (κ2) is 5.09. The number of hydrogen-bond donors (Lipinski definition) is 0. The molecule has 0 saturated carbocycles. The zero-order valence-electron chi connectivity index (χ0n) is 7.33. The number of rotatable bonds is 5. The second-order valence-electron chi connectivity index (χ2n) is 2.47. The van der Waals surface area contributed by atoms with Crippen LogP contribution in [0.4, 0.5) is 0 Å². The lowest BCUT2D eigenvalue weighted by atomic mass is 10.6. The highest BCUT2D eigenvalue weighted by Gasteiger charge is 2.09. The molecule has 4 heteroatoms. The highest BCUT2D eigenvalue weighted by molar-refractivity contribution is 5.38. The van der Waals surface area contributed by atoms with Crippen LogP contribution in [0.1, 0.15) is 13.8 Å². The highest BCUT2D eigenvalue weighted by Crippen LogP contribution is 1.99. The van der Waals surface area contributed by atoms with Gasteiger partial charge in [-0.25, -0.2) is 4.79 Å². The molecule has 1 radical (unpaired) electrons. The van der Waals surface area contributed by atoms with Crippen LogP contribution in [-0.4, -0.2) is 38.0 Å². The van der Waals surface area contributed by atoms with E-state index in [0.29, 0.717) is 0 Å². The van der Waals surface area contributed by atoms with Crippen LogP contribution >= 0.6 is 0 Å². The van der Waals surface area contributed by atoms with Gasteiger partial charge in [0.15, 0.2) is 0 Å². The van der Waals surface area contributed by atoms with Crippen molar-refractivity contribution in [1.29, 1.82) is 0 Å². The van der Waals surface area contributed by atoms with Gasteiger partial charge in [-0.15, -0.1) is 0 Å². The lowest BCUT2D eigenvalue weighted by molar-refractivity contribution is -0.149. The van der Waals surface area contributed by atoms with E-state index < -0.39 is 6.29 Å². The molecule has 0 aromatic carbocycles. The first-order valence-electron chi connectivity index (χ1n) is 3.42. The van der Waals surface area contributed by atoms with E-state index in [9.17, 15) is 4.79 Å². The Morgan fingerprint density at radius 1 is 1.36 bits per heavy atom. The van der Waals surface area contributed by atoms with Crippen molar-refractivity contribution in [1.82, 2.24) is 4.90 Å². The summed E-state index contributed by atoms with van der Waals surface area (Å²) in [6, 6.07) is 0. The Bertz CT molecular complexity index is 116. The summed E-state index contributed by atoms with van der Waals surface area (Å²) < 4.78 is 9.60. The fraction of sp³-hybridized carbons (Fsp3) is 0.857. The largest absolute Gasteiger partial charge is 0.428 e. The summed E-state index contributed by atoms with van der Waals surface area (Å²) in [5.41, 5.74) is 0. The molecule has 2 atom stereocenters. The summed E-state index contributed by atoms with van der Waals surface area (Å²) in [4.78, 5) is 11.6. The Morgan fingerprint density at radius 3 is 2.27 bits per heavy atom. The number of carbonyl (C=O) groups excluding carboxylic acids is 1. The van der Waals surface area contributed by atoms with Gasteiger partial charge in [0.25, 0.3) is 0 Å². The van der Waals surface area contributed by atoms with Crippen LogP contribution in [0.5, 0.6) is 0 Å². The third kappa shape index (κ3) is 4.75. The lowest BCUT2D eigenvalue weighted by Crippen LogP contribution is -2.31. The van der Waals surface area contributed by atoms with Gasteiger partial charge in [0.05, 0.1) is 0 Å². The maximum absolute atomic E-state index is 9.73. The van der Waals surface area contributed by atoms with Crippen molar-refractivity contribution in [2.75, 3.05) is 14.1 Å². The molecule has 0 heterocycles. The molecule has 0 fully saturated rings. The predicted molar refractivity (Wildman–Crippen MR) is 40.5 cm³/mol. The molecule has 65 valence electrons. The summed E-state index contributed by atoms with van der Waals surface area (Å²) >= 11 is 0. The van der Waals surface area contributed by atoms with Crippen LogP contribution in [0.15, 0.2) is 0 Å².